The predicted octanol–water partition coefficient (Wildman–Crippen LogP) is 2.17. The third-order valence-electron chi connectivity index (χ3n) is 4.98. The summed E-state index contributed by atoms with van der Waals surface area (Å²) in [5.74, 6) is 1.81. The van der Waals surface area contributed by atoms with E-state index in [0.717, 1.165) is 38.1 Å². The van der Waals surface area contributed by atoms with Crippen molar-refractivity contribution in [3.05, 3.63) is 23.9 Å². The van der Waals surface area contributed by atoms with Gasteiger partial charge in [0.05, 0.1) is 13.2 Å². The van der Waals surface area contributed by atoms with Crippen LogP contribution in [0.1, 0.15) is 25.7 Å². The zero-order valence-electron chi connectivity index (χ0n) is 11.9. The van der Waals surface area contributed by atoms with Crippen LogP contribution in [-0.4, -0.2) is 44.3 Å². The van der Waals surface area contributed by atoms with Crippen LogP contribution in [0.15, 0.2) is 23.9 Å². The first-order valence-electron chi connectivity index (χ1n) is 7.76. The molecule has 2 heterocycles. The number of allylic oxidation sites excluding steroid dienone is 2. The van der Waals surface area contributed by atoms with Crippen molar-refractivity contribution in [2.75, 3.05) is 39.4 Å². The predicted molar refractivity (Wildman–Crippen MR) is 77.9 cm³/mol. The Balaban J connectivity index is 1.55. The molecule has 0 radical (unpaired) electrons. The molecule has 1 aliphatic carbocycles. The molecule has 2 aliphatic heterocycles. The Kier molecular flexibility index (Phi) is 4.24. The largest absolute Gasteiger partial charge is 0.378 e. The Bertz CT molecular complexity index is 352. The van der Waals surface area contributed by atoms with Crippen LogP contribution in [0, 0.1) is 11.8 Å². The fourth-order valence-corrected chi connectivity index (χ4v) is 3.66. The van der Waals surface area contributed by atoms with Crippen LogP contribution in [0.25, 0.3) is 0 Å². The molecule has 0 aromatic rings. The van der Waals surface area contributed by atoms with E-state index in [1.54, 1.807) is 0 Å². The van der Waals surface area contributed by atoms with Crippen LogP contribution in [0.4, 0.5) is 0 Å². The zero-order valence-corrected chi connectivity index (χ0v) is 11.9. The fourth-order valence-electron chi connectivity index (χ4n) is 3.66. The number of hydrogen-bond acceptors (Lipinski definition) is 3. The lowest BCUT2D eigenvalue weighted by atomic mass is 9.79. The summed E-state index contributed by atoms with van der Waals surface area (Å²) in [6.07, 6.45) is 7.66. The Morgan fingerprint density at radius 2 is 2.11 bits per heavy atom. The first-order valence-corrected chi connectivity index (χ1v) is 7.76. The number of ether oxygens (including phenoxy) is 1. The van der Waals surface area contributed by atoms with Gasteiger partial charge in [0.25, 0.3) is 0 Å². The first-order chi connectivity index (χ1) is 9.34. The molecule has 0 amide bonds. The second-order valence-electron chi connectivity index (χ2n) is 6.06. The second-order valence-corrected chi connectivity index (χ2v) is 6.06. The van der Waals surface area contributed by atoms with Crippen molar-refractivity contribution in [2.45, 2.75) is 25.7 Å². The molecule has 0 bridgehead atoms. The van der Waals surface area contributed by atoms with Crippen LogP contribution in [0.3, 0.4) is 0 Å². The quantitative estimate of drug-likeness (QED) is 0.843. The lowest BCUT2D eigenvalue weighted by Gasteiger charge is -2.34. The van der Waals surface area contributed by atoms with Gasteiger partial charge in [0, 0.05) is 18.8 Å². The number of nitrogens with zero attached hydrogens (tertiary/aromatic N) is 1. The van der Waals surface area contributed by atoms with Gasteiger partial charge in [-0.15, -0.1) is 0 Å². The average Bonchev–Trinajstić information content (AvgIpc) is 3.02. The van der Waals surface area contributed by atoms with Crippen LogP contribution < -0.4 is 5.32 Å². The van der Waals surface area contributed by atoms with Crippen molar-refractivity contribution < 1.29 is 4.74 Å². The molecule has 2 unspecified atom stereocenters. The topological polar surface area (TPSA) is 24.5 Å². The lowest BCUT2D eigenvalue weighted by molar-refractivity contribution is 0.0546. The summed E-state index contributed by atoms with van der Waals surface area (Å²) in [5, 5.41) is 3.49. The van der Waals surface area contributed by atoms with E-state index in [9.17, 15) is 0 Å². The highest BCUT2D eigenvalue weighted by molar-refractivity contribution is 5.29. The van der Waals surface area contributed by atoms with Crippen LogP contribution in [-0.2, 0) is 4.74 Å². The number of nitrogens with one attached hydrogen (secondary N) is 1. The van der Waals surface area contributed by atoms with Crippen LogP contribution in [0.2, 0.25) is 0 Å². The van der Waals surface area contributed by atoms with Crippen molar-refractivity contribution in [1.82, 2.24) is 10.2 Å². The maximum atomic E-state index is 5.41. The van der Waals surface area contributed by atoms with Crippen molar-refractivity contribution in [3.63, 3.8) is 0 Å². The summed E-state index contributed by atoms with van der Waals surface area (Å²) in [6.45, 7) is 10.5. The Morgan fingerprint density at radius 1 is 1.26 bits per heavy atom. The number of morpholine rings is 1. The molecule has 19 heavy (non-hydrogen) atoms. The molecular formula is C16H26N2O. The van der Waals surface area contributed by atoms with Gasteiger partial charge in [-0.05, 0) is 56.2 Å². The van der Waals surface area contributed by atoms with Crippen molar-refractivity contribution in [2.24, 2.45) is 11.8 Å². The van der Waals surface area contributed by atoms with Gasteiger partial charge < -0.3 is 15.0 Å². The van der Waals surface area contributed by atoms with E-state index in [4.69, 9.17) is 4.74 Å². The van der Waals surface area contributed by atoms with E-state index >= 15 is 0 Å². The van der Waals surface area contributed by atoms with Gasteiger partial charge in [0.2, 0.25) is 0 Å². The molecule has 106 valence electrons. The maximum Gasteiger partial charge on any atom is 0.0642 e. The van der Waals surface area contributed by atoms with Gasteiger partial charge in [0.15, 0.2) is 0 Å². The molecule has 1 N–H and O–H groups in total. The highest BCUT2D eigenvalue weighted by atomic mass is 16.5. The van der Waals surface area contributed by atoms with Crippen LogP contribution >= 0.6 is 0 Å². The maximum absolute atomic E-state index is 5.41. The second kappa shape index (κ2) is 6.10. The monoisotopic (exact) mass is 262 g/mol. The summed E-state index contributed by atoms with van der Waals surface area (Å²) >= 11 is 0. The third-order valence-corrected chi connectivity index (χ3v) is 4.98. The minimum atomic E-state index is 0.850. The summed E-state index contributed by atoms with van der Waals surface area (Å²) in [6, 6.07) is 0. The Hall–Kier alpha value is -0.800. The molecular weight excluding hydrogens is 236 g/mol. The molecule has 0 saturated carbocycles. The fraction of sp³-hybridized carbons (Fsp3) is 0.750. The van der Waals surface area contributed by atoms with Gasteiger partial charge >= 0.3 is 0 Å². The molecule has 2 saturated heterocycles. The molecule has 0 aromatic heterocycles. The summed E-state index contributed by atoms with van der Waals surface area (Å²) in [7, 11) is 0. The van der Waals surface area contributed by atoms with E-state index in [-0.39, 0.29) is 0 Å². The number of rotatable bonds is 3. The molecule has 3 aliphatic rings. The van der Waals surface area contributed by atoms with Gasteiger partial charge in [-0.2, -0.15) is 0 Å². The SMILES string of the molecule is C=C(C1=CCC(C2CCNC2)CC1)N1CCOCC1. The van der Waals surface area contributed by atoms with E-state index in [2.05, 4.69) is 22.9 Å². The van der Waals surface area contributed by atoms with E-state index in [1.807, 2.05) is 0 Å². The molecule has 0 aromatic carbocycles. The average molecular weight is 262 g/mol. The summed E-state index contributed by atoms with van der Waals surface area (Å²) in [5.41, 5.74) is 2.75. The summed E-state index contributed by atoms with van der Waals surface area (Å²) in [4.78, 5) is 2.40. The normalized spacial score (nSPS) is 32.2. The standard InChI is InChI=1S/C16H26N2O/c1-13(18-8-10-19-11-9-18)14-2-4-15(5-3-14)16-6-7-17-12-16/h2,15-17H,1,3-12H2. The summed E-state index contributed by atoms with van der Waals surface area (Å²) < 4.78 is 5.41. The van der Waals surface area contributed by atoms with Crippen molar-refractivity contribution in [3.8, 4) is 0 Å². The smallest absolute Gasteiger partial charge is 0.0642 e. The lowest BCUT2D eigenvalue weighted by Crippen LogP contribution is -2.36. The van der Waals surface area contributed by atoms with Gasteiger partial charge in [0.1, 0.15) is 0 Å². The molecule has 3 nitrogen and oxygen atoms in total. The highest BCUT2D eigenvalue weighted by Gasteiger charge is 2.27. The molecule has 3 rings (SSSR count). The van der Waals surface area contributed by atoms with E-state index in [0.29, 0.717) is 0 Å². The highest BCUT2D eigenvalue weighted by Crippen LogP contribution is 2.35. The molecule has 3 heteroatoms. The van der Waals surface area contributed by atoms with E-state index in [1.165, 1.54) is 50.0 Å². The Labute approximate surface area is 116 Å². The Morgan fingerprint density at radius 3 is 2.74 bits per heavy atom. The van der Waals surface area contributed by atoms with E-state index < -0.39 is 0 Å². The molecule has 2 fully saturated rings. The first kappa shape index (κ1) is 13.2. The van der Waals surface area contributed by atoms with Crippen molar-refractivity contribution >= 4 is 0 Å². The minimum absolute atomic E-state index is 0.850. The zero-order chi connectivity index (χ0) is 13.1. The number of hydrogen-bond donors (Lipinski definition) is 1. The van der Waals surface area contributed by atoms with Gasteiger partial charge in [-0.3, -0.25) is 0 Å². The van der Waals surface area contributed by atoms with Gasteiger partial charge in [-0.1, -0.05) is 12.7 Å². The molecule has 0 spiro atoms. The van der Waals surface area contributed by atoms with Crippen LogP contribution in [0.5, 0.6) is 0 Å². The minimum Gasteiger partial charge on any atom is -0.378 e. The molecule has 2 atom stereocenters. The van der Waals surface area contributed by atoms with Crippen molar-refractivity contribution in [1.29, 1.82) is 0 Å². The third kappa shape index (κ3) is 3.03. The van der Waals surface area contributed by atoms with Gasteiger partial charge in [-0.25, -0.2) is 0 Å².